The third-order valence-corrected chi connectivity index (χ3v) is 4.06. The van der Waals surface area contributed by atoms with Crippen LogP contribution in [0.5, 0.6) is 0 Å². The van der Waals surface area contributed by atoms with Gasteiger partial charge in [-0.15, -0.1) is 0 Å². The largest absolute Gasteiger partial charge is 0.310 e. The Bertz CT molecular complexity index is 448. The van der Waals surface area contributed by atoms with Crippen LogP contribution in [0.15, 0.2) is 18.2 Å². The standard InChI is InChI=1S/C15H22ClFN2/c1-11-6-7-18-15(2,3)10-19(11)9-12-4-5-13(16)14(17)8-12/h4-5,8,11,18H,6-7,9-10H2,1-3H3. The van der Waals surface area contributed by atoms with Crippen molar-refractivity contribution in [1.82, 2.24) is 10.2 Å². The average Bonchev–Trinajstić information content (AvgIpc) is 2.43. The number of benzene rings is 1. The minimum atomic E-state index is -0.334. The molecule has 1 fully saturated rings. The lowest BCUT2D eigenvalue weighted by atomic mass is 10.0. The van der Waals surface area contributed by atoms with E-state index in [1.807, 2.05) is 6.07 Å². The molecule has 0 bridgehead atoms. The zero-order valence-electron chi connectivity index (χ0n) is 11.8. The Morgan fingerprint density at radius 1 is 1.47 bits per heavy atom. The Morgan fingerprint density at radius 3 is 2.89 bits per heavy atom. The predicted octanol–water partition coefficient (Wildman–Crippen LogP) is 3.44. The van der Waals surface area contributed by atoms with Gasteiger partial charge < -0.3 is 5.32 Å². The third kappa shape index (κ3) is 3.91. The van der Waals surface area contributed by atoms with Crippen molar-refractivity contribution in [3.8, 4) is 0 Å². The lowest BCUT2D eigenvalue weighted by Gasteiger charge is -2.33. The van der Waals surface area contributed by atoms with Gasteiger partial charge in [-0.05, 0) is 51.4 Å². The SMILES string of the molecule is CC1CCNC(C)(C)CN1Cc1ccc(Cl)c(F)c1. The van der Waals surface area contributed by atoms with E-state index < -0.39 is 0 Å². The highest BCUT2D eigenvalue weighted by Crippen LogP contribution is 2.21. The Morgan fingerprint density at radius 2 is 2.21 bits per heavy atom. The molecule has 1 unspecified atom stereocenters. The molecule has 0 amide bonds. The minimum absolute atomic E-state index is 0.0930. The van der Waals surface area contributed by atoms with E-state index in [9.17, 15) is 4.39 Å². The van der Waals surface area contributed by atoms with Gasteiger partial charge >= 0.3 is 0 Å². The first-order chi connectivity index (χ1) is 8.87. The van der Waals surface area contributed by atoms with Gasteiger partial charge in [0.05, 0.1) is 5.02 Å². The first-order valence-corrected chi connectivity index (χ1v) is 7.18. The van der Waals surface area contributed by atoms with E-state index >= 15 is 0 Å². The second-order valence-corrected chi connectivity index (χ2v) is 6.51. The van der Waals surface area contributed by atoms with Crippen molar-refractivity contribution in [3.63, 3.8) is 0 Å². The van der Waals surface area contributed by atoms with E-state index in [-0.39, 0.29) is 16.4 Å². The number of hydrogen-bond donors (Lipinski definition) is 1. The van der Waals surface area contributed by atoms with Crippen molar-refractivity contribution in [3.05, 3.63) is 34.6 Å². The lowest BCUT2D eigenvalue weighted by molar-refractivity contribution is 0.173. The van der Waals surface area contributed by atoms with Crippen LogP contribution in [0.3, 0.4) is 0 Å². The second-order valence-electron chi connectivity index (χ2n) is 6.10. The van der Waals surface area contributed by atoms with Crippen molar-refractivity contribution >= 4 is 11.6 Å². The number of nitrogens with zero attached hydrogens (tertiary/aromatic N) is 1. The maximum atomic E-state index is 13.5. The molecule has 2 nitrogen and oxygen atoms in total. The molecule has 1 saturated heterocycles. The smallest absolute Gasteiger partial charge is 0.142 e. The van der Waals surface area contributed by atoms with Gasteiger partial charge in [0.15, 0.2) is 0 Å². The summed E-state index contributed by atoms with van der Waals surface area (Å²) in [6.45, 7) is 9.40. The number of nitrogens with one attached hydrogen (secondary N) is 1. The summed E-state index contributed by atoms with van der Waals surface area (Å²) in [6, 6.07) is 5.58. The summed E-state index contributed by atoms with van der Waals surface area (Å²) in [6.07, 6.45) is 1.11. The summed E-state index contributed by atoms with van der Waals surface area (Å²) in [5, 5.41) is 3.74. The molecule has 19 heavy (non-hydrogen) atoms. The highest BCUT2D eigenvalue weighted by molar-refractivity contribution is 6.30. The van der Waals surface area contributed by atoms with Crippen LogP contribution < -0.4 is 5.32 Å². The highest BCUT2D eigenvalue weighted by atomic mass is 35.5. The van der Waals surface area contributed by atoms with E-state index in [1.165, 1.54) is 0 Å². The number of halogens is 2. The fourth-order valence-corrected chi connectivity index (χ4v) is 2.72. The maximum absolute atomic E-state index is 13.5. The van der Waals surface area contributed by atoms with E-state index in [2.05, 4.69) is 31.0 Å². The van der Waals surface area contributed by atoms with Gasteiger partial charge in [0, 0.05) is 24.7 Å². The summed E-state index contributed by atoms with van der Waals surface area (Å²) in [5.41, 5.74) is 1.07. The zero-order chi connectivity index (χ0) is 14.0. The van der Waals surface area contributed by atoms with E-state index in [0.717, 1.165) is 31.6 Å². The Hall–Kier alpha value is -0.640. The summed E-state index contributed by atoms with van der Waals surface area (Å²) in [7, 11) is 0. The Balaban J connectivity index is 2.12. The summed E-state index contributed by atoms with van der Waals surface area (Å²) >= 11 is 5.72. The van der Waals surface area contributed by atoms with E-state index in [0.29, 0.717) is 6.04 Å². The topological polar surface area (TPSA) is 15.3 Å². The molecule has 1 aromatic carbocycles. The molecule has 1 aliphatic heterocycles. The highest BCUT2D eigenvalue weighted by Gasteiger charge is 2.27. The molecule has 2 rings (SSSR count). The molecule has 1 aromatic rings. The van der Waals surface area contributed by atoms with Gasteiger partial charge in [0.1, 0.15) is 5.82 Å². The Kier molecular flexibility index (Phi) is 4.49. The van der Waals surface area contributed by atoms with Crippen molar-refractivity contribution in [1.29, 1.82) is 0 Å². The third-order valence-electron chi connectivity index (χ3n) is 3.76. The first-order valence-electron chi connectivity index (χ1n) is 6.80. The van der Waals surface area contributed by atoms with Crippen LogP contribution in [-0.2, 0) is 6.54 Å². The predicted molar refractivity (Wildman–Crippen MR) is 78.0 cm³/mol. The van der Waals surface area contributed by atoms with Crippen LogP contribution in [0.25, 0.3) is 0 Å². The summed E-state index contributed by atoms with van der Waals surface area (Å²) in [5.74, 6) is -0.334. The Labute approximate surface area is 119 Å². The first kappa shape index (κ1) is 14.8. The summed E-state index contributed by atoms with van der Waals surface area (Å²) in [4.78, 5) is 2.41. The minimum Gasteiger partial charge on any atom is -0.310 e. The van der Waals surface area contributed by atoms with Crippen LogP contribution in [0.4, 0.5) is 4.39 Å². The number of rotatable bonds is 2. The zero-order valence-corrected chi connectivity index (χ0v) is 12.6. The van der Waals surface area contributed by atoms with Crippen LogP contribution in [0.2, 0.25) is 5.02 Å². The fourth-order valence-electron chi connectivity index (χ4n) is 2.61. The molecule has 4 heteroatoms. The van der Waals surface area contributed by atoms with Crippen molar-refractivity contribution in [2.24, 2.45) is 0 Å². The van der Waals surface area contributed by atoms with E-state index in [4.69, 9.17) is 11.6 Å². The van der Waals surface area contributed by atoms with Crippen LogP contribution in [0, 0.1) is 5.82 Å². The quantitative estimate of drug-likeness (QED) is 0.895. The molecule has 1 aliphatic rings. The van der Waals surface area contributed by atoms with Gasteiger partial charge in [0.2, 0.25) is 0 Å². The van der Waals surface area contributed by atoms with Crippen molar-refractivity contribution in [2.45, 2.75) is 45.3 Å². The van der Waals surface area contributed by atoms with Gasteiger partial charge in [-0.25, -0.2) is 4.39 Å². The van der Waals surface area contributed by atoms with Crippen LogP contribution >= 0.6 is 11.6 Å². The van der Waals surface area contributed by atoms with Crippen LogP contribution in [-0.4, -0.2) is 29.6 Å². The molecule has 106 valence electrons. The summed E-state index contributed by atoms with van der Waals surface area (Å²) < 4.78 is 13.5. The molecule has 1 N–H and O–H groups in total. The van der Waals surface area contributed by atoms with Gasteiger partial charge in [0.25, 0.3) is 0 Å². The lowest BCUT2D eigenvalue weighted by Crippen LogP contribution is -2.47. The molecule has 0 spiro atoms. The maximum Gasteiger partial charge on any atom is 0.142 e. The molecule has 0 saturated carbocycles. The van der Waals surface area contributed by atoms with E-state index in [1.54, 1.807) is 12.1 Å². The molecular formula is C15H22ClFN2. The average molecular weight is 285 g/mol. The monoisotopic (exact) mass is 284 g/mol. The van der Waals surface area contributed by atoms with Gasteiger partial charge in [-0.3, -0.25) is 4.90 Å². The van der Waals surface area contributed by atoms with Crippen molar-refractivity contribution < 1.29 is 4.39 Å². The number of hydrogen-bond acceptors (Lipinski definition) is 2. The van der Waals surface area contributed by atoms with Gasteiger partial charge in [-0.2, -0.15) is 0 Å². The molecule has 0 aliphatic carbocycles. The molecule has 0 aromatic heterocycles. The fraction of sp³-hybridized carbons (Fsp3) is 0.600. The van der Waals surface area contributed by atoms with Crippen molar-refractivity contribution in [2.75, 3.05) is 13.1 Å². The van der Waals surface area contributed by atoms with Gasteiger partial charge in [-0.1, -0.05) is 17.7 Å². The molecule has 0 radical (unpaired) electrons. The molecular weight excluding hydrogens is 263 g/mol. The molecule has 1 atom stereocenters. The van der Waals surface area contributed by atoms with Crippen LogP contribution in [0.1, 0.15) is 32.8 Å². The second kappa shape index (κ2) is 5.78. The molecule has 1 heterocycles. The normalized spacial score (nSPS) is 24.2.